The number of aromatic nitrogens is 3. The van der Waals surface area contributed by atoms with Gasteiger partial charge in [0.2, 0.25) is 5.91 Å². The lowest BCUT2D eigenvalue weighted by atomic mass is 9.78. The fourth-order valence-electron chi connectivity index (χ4n) is 6.63. The van der Waals surface area contributed by atoms with E-state index in [1.807, 2.05) is 11.1 Å². The summed E-state index contributed by atoms with van der Waals surface area (Å²) in [7, 11) is 0. The monoisotopic (exact) mass is 427 g/mol. The maximum absolute atomic E-state index is 13.9. The normalized spacial score (nSPS) is 30.0. The molecule has 0 saturated heterocycles. The third-order valence-electron chi connectivity index (χ3n) is 8.20. The molecular weight excluding hydrogens is 400 g/mol. The number of pyridine rings is 1. The molecule has 2 aromatic rings. The van der Waals surface area contributed by atoms with Gasteiger partial charge in [-0.2, -0.15) is 5.10 Å². The van der Waals surface area contributed by atoms with Crippen molar-refractivity contribution >= 4 is 5.91 Å². The maximum Gasteiger partial charge on any atom is 0.265 e. The molecule has 2 fully saturated rings. The molecule has 4 aliphatic rings. The number of nitrogens with zero attached hydrogens (tertiary/aromatic N) is 4. The molecule has 1 N–H and O–H groups in total. The number of nitrogens with one attached hydrogen (secondary N) is 1. The summed E-state index contributed by atoms with van der Waals surface area (Å²) < 4.78 is 26.3. The van der Waals surface area contributed by atoms with Crippen molar-refractivity contribution < 1.29 is 13.6 Å². The highest BCUT2D eigenvalue weighted by Gasteiger charge is 2.57. The molecule has 4 heterocycles. The first-order chi connectivity index (χ1) is 15.0. The van der Waals surface area contributed by atoms with Crippen LogP contribution in [0.25, 0.3) is 0 Å². The van der Waals surface area contributed by atoms with E-state index < -0.39 is 6.43 Å². The van der Waals surface area contributed by atoms with E-state index in [2.05, 4.69) is 20.1 Å². The fraction of sp³-hybridized carbons (Fsp3) is 0.609. The van der Waals surface area contributed by atoms with Gasteiger partial charge >= 0.3 is 0 Å². The largest absolute Gasteiger partial charge is 0.337 e. The van der Waals surface area contributed by atoms with Gasteiger partial charge in [0.15, 0.2) is 0 Å². The Morgan fingerprint density at radius 3 is 2.97 bits per heavy atom. The number of amides is 1. The van der Waals surface area contributed by atoms with Crippen molar-refractivity contribution in [1.29, 1.82) is 0 Å². The van der Waals surface area contributed by atoms with Crippen LogP contribution in [0.3, 0.4) is 0 Å². The molecule has 0 unspecified atom stereocenters. The number of hydrogen-bond donors (Lipinski definition) is 1. The van der Waals surface area contributed by atoms with E-state index in [4.69, 9.17) is 0 Å². The zero-order valence-electron chi connectivity index (χ0n) is 17.5. The number of alkyl halides is 2. The second kappa shape index (κ2) is 7.08. The molecule has 2 saturated carbocycles. The number of halogens is 2. The van der Waals surface area contributed by atoms with Crippen LogP contribution in [0, 0.1) is 11.3 Å². The lowest BCUT2D eigenvalue weighted by Crippen LogP contribution is -2.47. The molecule has 2 aliphatic carbocycles. The Balaban J connectivity index is 1.21. The SMILES string of the molecule is O=C(N1CCc2ncc(C(F)F)cc2C1)[C@@]12CCC[C@@H]1C[C@@H](N1Cc3cn[nH]c3C1)C2. The number of carbonyl (C=O) groups is 1. The fourth-order valence-corrected chi connectivity index (χ4v) is 6.63. The first-order valence-corrected chi connectivity index (χ1v) is 11.3. The number of rotatable bonds is 3. The Morgan fingerprint density at radius 1 is 1.23 bits per heavy atom. The highest BCUT2D eigenvalue weighted by molar-refractivity contribution is 5.84. The van der Waals surface area contributed by atoms with Crippen LogP contribution in [-0.4, -0.2) is 43.5 Å². The van der Waals surface area contributed by atoms with Gasteiger partial charge < -0.3 is 4.90 Å². The summed E-state index contributed by atoms with van der Waals surface area (Å²) in [6, 6.07) is 1.96. The third kappa shape index (κ3) is 3.02. The molecule has 164 valence electrons. The van der Waals surface area contributed by atoms with E-state index in [0.29, 0.717) is 31.5 Å². The molecule has 6 nitrogen and oxygen atoms in total. The molecule has 0 bridgehead atoms. The molecule has 0 aromatic carbocycles. The van der Waals surface area contributed by atoms with Crippen LogP contribution in [0.2, 0.25) is 0 Å². The average molecular weight is 427 g/mol. The van der Waals surface area contributed by atoms with Gasteiger partial charge in [0.25, 0.3) is 6.43 Å². The van der Waals surface area contributed by atoms with Gasteiger partial charge in [-0.25, -0.2) is 8.78 Å². The van der Waals surface area contributed by atoms with Crippen molar-refractivity contribution in [3.05, 3.63) is 46.5 Å². The van der Waals surface area contributed by atoms with E-state index in [1.165, 1.54) is 17.5 Å². The molecule has 2 aliphatic heterocycles. The van der Waals surface area contributed by atoms with Gasteiger partial charge in [-0.05, 0) is 43.2 Å². The van der Waals surface area contributed by atoms with Crippen LogP contribution in [0.15, 0.2) is 18.5 Å². The molecule has 8 heteroatoms. The van der Waals surface area contributed by atoms with E-state index in [9.17, 15) is 13.6 Å². The second-order valence-corrected chi connectivity index (χ2v) is 9.77. The zero-order chi connectivity index (χ0) is 21.2. The number of aromatic amines is 1. The summed E-state index contributed by atoms with van der Waals surface area (Å²) in [5.74, 6) is 0.666. The van der Waals surface area contributed by atoms with E-state index in [0.717, 1.165) is 56.5 Å². The van der Waals surface area contributed by atoms with Crippen LogP contribution >= 0.6 is 0 Å². The number of fused-ring (bicyclic) bond motifs is 3. The predicted molar refractivity (Wildman–Crippen MR) is 109 cm³/mol. The summed E-state index contributed by atoms with van der Waals surface area (Å²) >= 11 is 0. The molecule has 0 spiro atoms. The summed E-state index contributed by atoms with van der Waals surface area (Å²) in [4.78, 5) is 22.6. The van der Waals surface area contributed by atoms with Crippen molar-refractivity contribution in [3.8, 4) is 0 Å². The van der Waals surface area contributed by atoms with Crippen LogP contribution in [0.5, 0.6) is 0 Å². The third-order valence-corrected chi connectivity index (χ3v) is 8.20. The average Bonchev–Trinajstić information content (AvgIpc) is 3.51. The van der Waals surface area contributed by atoms with Crippen LogP contribution in [0.1, 0.15) is 66.6 Å². The Kier molecular flexibility index (Phi) is 4.42. The van der Waals surface area contributed by atoms with Gasteiger partial charge in [0.1, 0.15) is 0 Å². The first kappa shape index (κ1) is 19.3. The minimum atomic E-state index is -2.53. The van der Waals surface area contributed by atoms with Crippen LogP contribution in [0.4, 0.5) is 8.78 Å². The molecule has 31 heavy (non-hydrogen) atoms. The van der Waals surface area contributed by atoms with E-state index in [-0.39, 0.29) is 16.9 Å². The second-order valence-electron chi connectivity index (χ2n) is 9.77. The van der Waals surface area contributed by atoms with Crippen LogP contribution < -0.4 is 0 Å². The molecule has 3 atom stereocenters. The summed E-state index contributed by atoms with van der Waals surface area (Å²) in [6.45, 7) is 2.83. The summed E-state index contributed by atoms with van der Waals surface area (Å²) in [6.07, 6.45) is 6.45. The lowest BCUT2D eigenvalue weighted by Gasteiger charge is -2.37. The molecule has 2 aromatic heterocycles. The Bertz CT molecular complexity index is 1000. The van der Waals surface area contributed by atoms with Crippen molar-refractivity contribution in [3.63, 3.8) is 0 Å². The minimum Gasteiger partial charge on any atom is -0.337 e. The van der Waals surface area contributed by atoms with Crippen molar-refractivity contribution in [2.45, 2.75) is 70.6 Å². The number of hydrogen-bond acceptors (Lipinski definition) is 4. The summed E-state index contributed by atoms with van der Waals surface area (Å²) in [5, 5.41) is 7.24. The highest BCUT2D eigenvalue weighted by Crippen LogP contribution is 2.57. The van der Waals surface area contributed by atoms with E-state index in [1.54, 1.807) is 6.07 Å². The van der Waals surface area contributed by atoms with E-state index >= 15 is 0 Å². The van der Waals surface area contributed by atoms with Crippen molar-refractivity contribution in [2.75, 3.05) is 6.54 Å². The zero-order valence-corrected chi connectivity index (χ0v) is 17.5. The van der Waals surface area contributed by atoms with Crippen molar-refractivity contribution in [1.82, 2.24) is 25.0 Å². The topological polar surface area (TPSA) is 65.1 Å². The van der Waals surface area contributed by atoms with Gasteiger partial charge in [-0.3, -0.25) is 19.8 Å². The maximum atomic E-state index is 13.9. The highest BCUT2D eigenvalue weighted by atomic mass is 19.3. The number of carbonyl (C=O) groups excluding carboxylic acids is 1. The van der Waals surface area contributed by atoms with Crippen LogP contribution in [-0.2, 0) is 30.8 Å². The molecule has 1 amide bonds. The van der Waals surface area contributed by atoms with Gasteiger partial charge in [0.05, 0.1) is 17.3 Å². The number of H-pyrrole nitrogens is 1. The first-order valence-electron chi connectivity index (χ1n) is 11.3. The molecular formula is C23H27F2N5O. The standard InChI is InChI=1S/C23H27F2N5O/c24-21(25)14-6-15-11-29(5-3-19(15)26-9-14)22(31)23-4-1-2-17(23)7-18(8-23)30-12-16-10-27-28-20(16)13-30/h6,9-10,17-18,21H,1-5,7-8,11-13H2,(H,27,28)/t17-,18-,23-/m1/s1. The Morgan fingerprint density at radius 2 is 2.13 bits per heavy atom. The van der Waals surface area contributed by atoms with Gasteiger partial charge in [-0.1, -0.05) is 6.42 Å². The quantitative estimate of drug-likeness (QED) is 0.813. The van der Waals surface area contributed by atoms with Gasteiger partial charge in [0, 0.05) is 61.7 Å². The minimum absolute atomic E-state index is 0.0578. The lowest BCUT2D eigenvalue weighted by molar-refractivity contribution is -0.144. The predicted octanol–water partition coefficient (Wildman–Crippen LogP) is 3.59. The molecule has 6 rings (SSSR count). The smallest absolute Gasteiger partial charge is 0.265 e. The van der Waals surface area contributed by atoms with Crippen molar-refractivity contribution in [2.24, 2.45) is 11.3 Å². The van der Waals surface area contributed by atoms with Gasteiger partial charge in [-0.15, -0.1) is 0 Å². The molecule has 0 radical (unpaired) electrons. The Labute approximate surface area is 180 Å². The summed E-state index contributed by atoms with van der Waals surface area (Å²) in [5.41, 5.74) is 3.76. The Hall–Kier alpha value is -2.35.